The van der Waals surface area contributed by atoms with Crippen LogP contribution in [-0.4, -0.2) is 41.1 Å². The van der Waals surface area contributed by atoms with Gasteiger partial charge in [-0.2, -0.15) is 0 Å². The standard InChI is InChI=1S/C17H24N4O3S2/c1-10(25-16-21-20-15(26-16)19-17(2,3)4)14(22)18-11-7-8-12(23-5)13(9-11)24-6/h7-10H,1-6H3,(H,18,22)(H,19,20). The van der Waals surface area contributed by atoms with Crippen LogP contribution in [0.1, 0.15) is 27.7 Å². The Balaban J connectivity index is 1.97. The minimum atomic E-state index is -0.321. The van der Waals surface area contributed by atoms with Gasteiger partial charge >= 0.3 is 0 Å². The zero-order chi connectivity index (χ0) is 19.3. The lowest BCUT2D eigenvalue weighted by atomic mass is 10.1. The Hall–Kier alpha value is -2.00. The van der Waals surface area contributed by atoms with E-state index in [0.717, 1.165) is 9.47 Å². The molecule has 1 heterocycles. The van der Waals surface area contributed by atoms with Gasteiger partial charge in [0.15, 0.2) is 15.8 Å². The maximum Gasteiger partial charge on any atom is 0.237 e. The van der Waals surface area contributed by atoms with Crippen LogP contribution in [0.3, 0.4) is 0 Å². The van der Waals surface area contributed by atoms with Gasteiger partial charge in [0, 0.05) is 17.3 Å². The fraction of sp³-hybridized carbons (Fsp3) is 0.471. The van der Waals surface area contributed by atoms with Gasteiger partial charge in [0.05, 0.1) is 19.5 Å². The lowest BCUT2D eigenvalue weighted by Gasteiger charge is -2.18. The molecule has 26 heavy (non-hydrogen) atoms. The molecule has 0 aliphatic heterocycles. The van der Waals surface area contributed by atoms with Gasteiger partial charge in [-0.1, -0.05) is 23.1 Å². The smallest absolute Gasteiger partial charge is 0.237 e. The molecule has 2 aromatic rings. The summed E-state index contributed by atoms with van der Waals surface area (Å²) in [5, 5.41) is 14.8. The zero-order valence-electron chi connectivity index (χ0n) is 15.7. The van der Waals surface area contributed by atoms with Crippen molar-refractivity contribution in [3.63, 3.8) is 0 Å². The summed E-state index contributed by atoms with van der Waals surface area (Å²) < 4.78 is 11.2. The molecule has 0 bridgehead atoms. The number of aromatic nitrogens is 2. The summed E-state index contributed by atoms with van der Waals surface area (Å²) in [6.45, 7) is 8.00. The van der Waals surface area contributed by atoms with E-state index in [0.29, 0.717) is 17.2 Å². The fourth-order valence-electron chi connectivity index (χ4n) is 1.99. The molecule has 1 aromatic carbocycles. The minimum Gasteiger partial charge on any atom is -0.493 e. The van der Waals surface area contributed by atoms with Gasteiger partial charge in [0.2, 0.25) is 11.0 Å². The van der Waals surface area contributed by atoms with Crippen molar-refractivity contribution in [3.05, 3.63) is 18.2 Å². The number of nitrogens with zero attached hydrogens (tertiary/aromatic N) is 2. The highest BCUT2D eigenvalue weighted by atomic mass is 32.2. The molecule has 1 atom stereocenters. The predicted octanol–water partition coefficient (Wildman–Crippen LogP) is 3.89. The highest BCUT2D eigenvalue weighted by molar-refractivity contribution is 8.02. The first-order valence-corrected chi connectivity index (χ1v) is 9.72. The second-order valence-corrected chi connectivity index (χ2v) is 9.13. The average molecular weight is 397 g/mol. The first-order valence-electron chi connectivity index (χ1n) is 8.03. The first kappa shape index (κ1) is 20.3. The van der Waals surface area contributed by atoms with E-state index in [9.17, 15) is 4.79 Å². The summed E-state index contributed by atoms with van der Waals surface area (Å²) in [6, 6.07) is 5.25. The van der Waals surface area contributed by atoms with Crippen molar-refractivity contribution in [1.29, 1.82) is 0 Å². The molecule has 0 spiro atoms. The number of ether oxygens (including phenoxy) is 2. The monoisotopic (exact) mass is 396 g/mol. The molecule has 1 aromatic heterocycles. The predicted molar refractivity (Wildman–Crippen MR) is 107 cm³/mol. The molecular weight excluding hydrogens is 372 g/mol. The Bertz CT molecular complexity index is 759. The highest BCUT2D eigenvalue weighted by Gasteiger charge is 2.19. The first-order chi connectivity index (χ1) is 12.2. The van der Waals surface area contributed by atoms with Crippen LogP contribution in [0.2, 0.25) is 0 Å². The van der Waals surface area contributed by atoms with Gasteiger partial charge < -0.3 is 20.1 Å². The van der Waals surface area contributed by atoms with Gasteiger partial charge in [-0.25, -0.2) is 0 Å². The maximum atomic E-state index is 12.4. The van der Waals surface area contributed by atoms with Crippen molar-refractivity contribution in [2.45, 2.75) is 42.8 Å². The number of hydrogen-bond acceptors (Lipinski definition) is 8. The van der Waals surface area contributed by atoms with Crippen molar-refractivity contribution in [3.8, 4) is 11.5 Å². The number of carbonyl (C=O) groups excluding carboxylic acids is 1. The Morgan fingerprint density at radius 2 is 1.88 bits per heavy atom. The quantitative estimate of drug-likeness (QED) is 0.687. The number of carbonyl (C=O) groups is 1. The Kier molecular flexibility index (Phi) is 6.71. The van der Waals surface area contributed by atoms with Crippen LogP contribution in [0.4, 0.5) is 10.8 Å². The highest BCUT2D eigenvalue weighted by Crippen LogP contribution is 2.32. The van der Waals surface area contributed by atoms with Gasteiger partial charge in [-0.15, -0.1) is 10.2 Å². The average Bonchev–Trinajstić information content (AvgIpc) is 2.99. The lowest BCUT2D eigenvalue weighted by Crippen LogP contribution is -2.25. The maximum absolute atomic E-state index is 12.4. The van der Waals surface area contributed by atoms with Gasteiger partial charge in [0.1, 0.15) is 0 Å². The number of benzene rings is 1. The molecule has 7 nitrogen and oxygen atoms in total. The van der Waals surface area contributed by atoms with Crippen molar-refractivity contribution in [2.24, 2.45) is 0 Å². The fourth-order valence-corrected chi connectivity index (χ4v) is 4.10. The second kappa shape index (κ2) is 8.59. The summed E-state index contributed by atoms with van der Waals surface area (Å²) in [7, 11) is 3.13. The van der Waals surface area contributed by atoms with E-state index < -0.39 is 0 Å². The summed E-state index contributed by atoms with van der Waals surface area (Å²) in [5.41, 5.74) is 0.560. The van der Waals surface area contributed by atoms with E-state index in [1.165, 1.54) is 23.1 Å². The summed E-state index contributed by atoms with van der Waals surface area (Å²) in [6.07, 6.45) is 0. The van der Waals surface area contributed by atoms with E-state index in [1.807, 2.05) is 6.92 Å². The number of rotatable bonds is 7. The molecule has 1 amide bonds. The Morgan fingerprint density at radius 3 is 2.50 bits per heavy atom. The molecule has 0 saturated heterocycles. The molecule has 2 rings (SSSR count). The number of nitrogens with one attached hydrogen (secondary N) is 2. The van der Waals surface area contributed by atoms with Crippen LogP contribution >= 0.6 is 23.1 Å². The number of amides is 1. The molecule has 1 unspecified atom stereocenters. The molecule has 0 fully saturated rings. The minimum absolute atomic E-state index is 0.0854. The zero-order valence-corrected chi connectivity index (χ0v) is 17.4. The van der Waals surface area contributed by atoms with Gasteiger partial charge in [-0.3, -0.25) is 4.79 Å². The van der Waals surface area contributed by atoms with Crippen LogP contribution < -0.4 is 20.1 Å². The molecule has 0 saturated carbocycles. The van der Waals surface area contributed by atoms with Crippen LogP contribution in [0, 0.1) is 0 Å². The van der Waals surface area contributed by atoms with Crippen LogP contribution in [0.5, 0.6) is 11.5 Å². The molecule has 0 aliphatic rings. The number of hydrogen-bond donors (Lipinski definition) is 2. The third-order valence-corrected chi connectivity index (χ3v) is 5.21. The third-order valence-electron chi connectivity index (χ3n) is 3.19. The molecule has 0 radical (unpaired) electrons. The van der Waals surface area contributed by atoms with Crippen molar-refractivity contribution >= 4 is 39.8 Å². The van der Waals surface area contributed by atoms with Crippen LogP contribution in [0.15, 0.2) is 22.5 Å². The molecule has 0 aliphatic carbocycles. The SMILES string of the molecule is COc1ccc(NC(=O)C(C)Sc2nnc(NC(C)(C)C)s2)cc1OC. The van der Waals surface area contributed by atoms with E-state index in [2.05, 4.69) is 41.6 Å². The van der Waals surface area contributed by atoms with Gasteiger partial charge in [-0.05, 0) is 39.8 Å². The van der Waals surface area contributed by atoms with Gasteiger partial charge in [0.25, 0.3) is 0 Å². The molecule has 2 N–H and O–H groups in total. The third kappa shape index (κ3) is 5.77. The summed E-state index contributed by atoms with van der Waals surface area (Å²) in [5.74, 6) is 1.05. The van der Waals surface area contributed by atoms with Crippen LogP contribution in [-0.2, 0) is 4.79 Å². The topological polar surface area (TPSA) is 85.4 Å². The summed E-state index contributed by atoms with van der Waals surface area (Å²) in [4.78, 5) is 12.4. The molecule has 142 valence electrons. The Morgan fingerprint density at radius 1 is 1.19 bits per heavy atom. The largest absolute Gasteiger partial charge is 0.493 e. The number of thioether (sulfide) groups is 1. The lowest BCUT2D eigenvalue weighted by molar-refractivity contribution is -0.115. The molecular formula is C17H24N4O3S2. The Labute approximate surface area is 161 Å². The van der Waals surface area contributed by atoms with E-state index in [4.69, 9.17) is 9.47 Å². The molecule has 9 heteroatoms. The number of methoxy groups -OCH3 is 2. The second-order valence-electron chi connectivity index (χ2n) is 6.57. The van der Waals surface area contributed by atoms with E-state index >= 15 is 0 Å². The van der Waals surface area contributed by atoms with E-state index in [1.54, 1.807) is 32.4 Å². The van der Waals surface area contributed by atoms with E-state index in [-0.39, 0.29) is 16.7 Å². The van der Waals surface area contributed by atoms with Crippen LogP contribution in [0.25, 0.3) is 0 Å². The summed E-state index contributed by atoms with van der Waals surface area (Å²) >= 11 is 2.81. The number of anilines is 2. The van der Waals surface area contributed by atoms with Crippen molar-refractivity contribution in [2.75, 3.05) is 24.9 Å². The van der Waals surface area contributed by atoms with Crippen molar-refractivity contribution < 1.29 is 14.3 Å². The normalized spacial score (nSPS) is 12.4. The van der Waals surface area contributed by atoms with Crippen molar-refractivity contribution in [1.82, 2.24) is 10.2 Å².